The standard InChI is InChI=1S/C16H10ClN3O2S/c17-14-7-6-12-4-2-8-19-15(12)16(14)20-23(21,22)13-5-1-3-11(9-13)10-18/h1-9,20H. The summed E-state index contributed by atoms with van der Waals surface area (Å²) in [5, 5.41) is 9.92. The summed E-state index contributed by atoms with van der Waals surface area (Å²) in [6.07, 6.45) is 1.56. The highest BCUT2D eigenvalue weighted by atomic mass is 35.5. The molecule has 1 aromatic heterocycles. The Balaban J connectivity index is 2.11. The third kappa shape index (κ3) is 2.97. The molecule has 114 valence electrons. The van der Waals surface area contributed by atoms with Crippen LogP contribution >= 0.6 is 11.6 Å². The van der Waals surface area contributed by atoms with Crippen LogP contribution in [0.25, 0.3) is 10.9 Å². The smallest absolute Gasteiger partial charge is 0.262 e. The van der Waals surface area contributed by atoms with Gasteiger partial charge in [-0.15, -0.1) is 0 Å². The third-order valence-corrected chi connectivity index (χ3v) is 4.90. The van der Waals surface area contributed by atoms with E-state index < -0.39 is 10.0 Å². The van der Waals surface area contributed by atoms with Crippen molar-refractivity contribution in [3.63, 3.8) is 0 Å². The fourth-order valence-corrected chi connectivity index (χ4v) is 3.53. The number of aromatic nitrogens is 1. The SMILES string of the molecule is N#Cc1cccc(S(=O)(=O)Nc2c(Cl)ccc3cccnc23)c1. The molecule has 0 fully saturated rings. The molecule has 3 rings (SSSR count). The summed E-state index contributed by atoms with van der Waals surface area (Å²) in [6, 6.07) is 14.6. The second kappa shape index (κ2) is 5.88. The summed E-state index contributed by atoms with van der Waals surface area (Å²) in [7, 11) is -3.89. The molecule has 0 unspecified atom stereocenters. The van der Waals surface area contributed by atoms with Crippen LogP contribution in [-0.2, 0) is 10.0 Å². The highest BCUT2D eigenvalue weighted by molar-refractivity contribution is 7.92. The molecule has 0 aliphatic heterocycles. The molecule has 0 aliphatic carbocycles. The van der Waals surface area contributed by atoms with Crippen molar-refractivity contribution >= 4 is 38.2 Å². The van der Waals surface area contributed by atoms with E-state index in [1.54, 1.807) is 24.4 Å². The number of anilines is 1. The zero-order valence-electron chi connectivity index (χ0n) is 11.7. The molecule has 0 spiro atoms. The van der Waals surface area contributed by atoms with E-state index >= 15 is 0 Å². The molecule has 7 heteroatoms. The summed E-state index contributed by atoms with van der Waals surface area (Å²) in [6.45, 7) is 0. The lowest BCUT2D eigenvalue weighted by molar-refractivity contribution is 0.601. The van der Waals surface area contributed by atoms with Crippen LogP contribution in [0.2, 0.25) is 5.02 Å². The Morgan fingerprint density at radius 2 is 1.96 bits per heavy atom. The Bertz CT molecular complexity index is 1040. The molecular formula is C16H10ClN3O2S. The molecule has 0 bridgehead atoms. The first-order valence-electron chi connectivity index (χ1n) is 6.57. The molecular weight excluding hydrogens is 334 g/mol. The van der Waals surface area contributed by atoms with Crippen LogP contribution in [-0.4, -0.2) is 13.4 Å². The molecule has 2 aromatic carbocycles. The van der Waals surface area contributed by atoms with Crippen LogP contribution < -0.4 is 4.72 Å². The minimum absolute atomic E-state index is 0.0134. The van der Waals surface area contributed by atoms with Gasteiger partial charge in [0.2, 0.25) is 0 Å². The van der Waals surface area contributed by atoms with Gasteiger partial charge in [0, 0.05) is 11.6 Å². The summed E-state index contributed by atoms with van der Waals surface area (Å²) >= 11 is 6.14. The minimum Gasteiger partial charge on any atom is -0.276 e. The molecule has 1 N–H and O–H groups in total. The van der Waals surface area contributed by atoms with Gasteiger partial charge in [-0.2, -0.15) is 5.26 Å². The Morgan fingerprint density at radius 1 is 1.13 bits per heavy atom. The van der Waals surface area contributed by atoms with Crippen LogP contribution in [0, 0.1) is 11.3 Å². The Labute approximate surface area is 138 Å². The van der Waals surface area contributed by atoms with Gasteiger partial charge in [-0.05, 0) is 30.3 Å². The van der Waals surface area contributed by atoms with Gasteiger partial charge in [0.15, 0.2) is 0 Å². The maximum Gasteiger partial charge on any atom is 0.262 e. The van der Waals surface area contributed by atoms with Gasteiger partial charge in [-0.3, -0.25) is 9.71 Å². The predicted molar refractivity (Wildman–Crippen MR) is 88.7 cm³/mol. The third-order valence-electron chi connectivity index (χ3n) is 3.23. The molecule has 0 aliphatic rings. The largest absolute Gasteiger partial charge is 0.276 e. The van der Waals surface area contributed by atoms with Gasteiger partial charge in [0.1, 0.15) is 0 Å². The number of rotatable bonds is 3. The summed E-state index contributed by atoms with van der Waals surface area (Å²) < 4.78 is 27.6. The Morgan fingerprint density at radius 3 is 2.74 bits per heavy atom. The van der Waals surface area contributed by atoms with Crippen molar-refractivity contribution in [2.75, 3.05) is 4.72 Å². The van der Waals surface area contributed by atoms with Crippen LogP contribution in [0.5, 0.6) is 0 Å². The van der Waals surface area contributed by atoms with Crippen LogP contribution in [0.4, 0.5) is 5.69 Å². The predicted octanol–water partition coefficient (Wildman–Crippen LogP) is 3.56. The number of fused-ring (bicyclic) bond motifs is 1. The monoisotopic (exact) mass is 343 g/mol. The first kappa shape index (κ1) is 15.3. The maximum absolute atomic E-state index is 12.6. The van der Waals surface area contributed by atoms with Gasteiger partial charge in [-0.1, -0.05) is 29.8 Å². The van der Waals surface area contributed by atoms with E-state index in [1.165, 1.54) is 24.3 Å². The molecule has 0 radical (unpaired) electrons. The lowest BCUT2D eigenvalue weighted by Crippen LogP contribution is -2.14. The number of hydrogen-bond donors (Lipinski definition) is 1. The van der Waals surface area contributed by atoms with Gasteiger partial charge in [0.25, 0.3) is 10.0 Å². The summed E-state index contributed by atoms with van der Waals surface area (Å²) in [5.41, 5.74) is 0.933. The minimum atomic E-state index is -3.89. The molecule has 0 saturated heterocycles. The first-order valence-corrected chi connectivity index (χ1v) is 8.43. The van der Waals surface area contributed by atoms with Crippen molar-refractivity contribution < 1.29 is 8.42 Å². The number of hydrogen-bond acceptors (Lipinski definition) is 4. The molecule has 0 amide bonds. The fourth-order valence-electron chi connectivity index (χ4n) is 2.14. The lowest BCUT2D eigenvalue weighted by atomic mass is 10.2. The summed E-state index contributed by atoms with van der Waals surface area (Å²) in [5.74, 6) is 0. The van der Waals surface area contributed by atoms with E-state index in [1.807, 2.05) is 12.1 Å². The molecule has 1 heterocycles. The van der Waals surface area contributed by atoms with E-state index in [2.05, 4.69) is 9.71 Å². The highest BCUT2D eigenvalue weighted by Crippen LogP contribution is 2.31. The van der Waals surface area contributed by atoms with Crippen LogP contribution in [0.1, 0.15) is 5.56 Å². The summed E-state index contributed by atoms with van der Waals surface area (Å²) in [4.78, 5) is 4.18. The number of benzene rings is 2. The van der Waals surface area contributed by atoms with Gasteiger partial charge in [-0.25, -0.2) is 8.42 Å². The van der Waals surface area contributed by atoms with E-state index in [9.17, 15) is 8.42 Å². The number of nitriles is 1. The van der Waals surface area contributed by atoms with Crippen molar-refractivity contribution in [2.45, 2.75) is 4.90 Å². The zero-order valence-corrected chi connectivity index (χ0v) is 13.3. The average Bonchev–Trinajstić information content (AvgIpc) is 2.57. The van der Waals surface area contributed by atoms with E-state index in [0.29, 0.717) is 5.52 Å². The normalized spacial score (nSPS) is 11.1. The highest BCUT2D eigenvalue weighted by Gasteiger charge is 2.18. The van der Waals surface area contributed by atoms with Gasteiger partial charge in [0.05, 0.1) is 32.8 Å². The topological polar surface area (TPSA) is 82.8 Å². The van der Waals surface area contributed by atoms with Crippen molar-refractivity contribution in [3.8, 4) is 6.07 Å². The molecule has 0 saturated carbocycles. The number of nitrogens with one attached hydrogen (secondary N) is 1. The first-order chi connectivity index (χ1) is 11.0. The molecule has 0 atom stereocenters. The Kier molecular flexibility index (Phi) is 3.90. The van der Waals surface area contributed by atoms with Gasteiger partial charge < -0.3 is 0 Å². The zero-order chi connectivity index (χ0) is 16.4. The molecule has 3 aromatic rings. The second-order valence-corrected chi connectivity index (χ2v) is 6.83. The van der Waals surface area contributed by atoms with Crippen molar-refractivity contribution in [2.24, 2.45) is 0 Å². The average molecular weight is 344 g/mol. The number of halogens is 1. The fraction of sp³-hybridized carbons (Fsp3) is 0. The van der Waals surface area contributed by atoms with Gasteiger partial charge >= 0.3 is 0 Å². The van der Waals surface area contributed by atoms with Crippen molar-refractivity contribution in [3.05, 3.63) is 65.3 Å². The van der Waals surface area contributed by atoms with Crippen molar-refractivity contribution in [1.29, 1.82) is 5.26 Å². The van der Waals surface area contributed by atoms with Crippen LogP contribution in [0.3, 0.4) is 0 Å². The lowest BCUT2D eigenvalue weighted by Gasteiger charge is -2.12. The van der Waals surface area contributed by atoms with Crippen molar-refractivity contribution in [1.82, 2.24) is 4.98 Å². The Hall–Kier alpha value is -2.62. The number of pyridine rings is 1. The quantitative estimate of drug-likeness (QED) is 0.788. The second-order valence-electron chi connectivity index (χ2n) is 4.74. The van der Waals surface area contributed by atoms with E-state index in [4.69, 9.17) is 16.9 Å². The number of sulfonamides is 1. The van der Waals surface area contributed by atoms with E-state index in [0.717, 1.165) is 5.39 Å². The van der Waals surface area contributed by atoms with Crippen LogP contribution in [0.15, 0.2) is 59.6 Å². The number of nitrogens with zero attached hydrogens (tertiary/aromatic N) is 2. The van der Waals surface area contributed by atoms with E-state index in [-0.39, 0.29) is 21.2 Å². The molecule has 5 nitrogen and oxygen atoms in total. The molecule has 23 heavy (non-hydrogen) atoms. The maximum atomic E-state index is 12.6.